The molecule has 12 heteroatoms. The number of hydrogen-bond acceptors (Lipinski definition) is 7. The second-order valence-corrected chi connectivity index (χ2v) is 12.6. The lowest BCUT2D eigenvalue weighted by molar-refractivity contribution is -0.132. The van der Waals surface area contributed by atoms with Crippen molar-refractivity contribution >= 4 is 43.2 Å². The first-order chi connectivity index (χ1) is 15.5. The lowest BCUT2D eigenvalue weighted by Crippen LogP contribution is -2.52. The minimum atomic E-state index is -4.25. The third-order valence-corrected chi connectivity index (χ3v) is 8.83. The summed E-state index contributed by atoms with van der Waals surface area (Å²) in [5, 5.41) is 13.9. The Bertz CT molecular complexity index is 1300. The van der Waals surface area contributed by atoms with Gasteiger partial charge >= 0.3 is 0 Å². The first kappa shape index (κ1) is 22.2. The first-order valence-corrected chi connectivity index (χ1v) is 14.3. The molecule has 0 radical (unpaired) electrons. The summed E-state index contributed by atoms with van der Waals surface area (Å²) in [7, 11) is -7.84. The molecule has 5 rings (SSSR count). The Kier molecular flexibility index (Phi) is 5.20. The molecular weight excluding hydrogens is 468 g/mol. The summed E-state index contributed by atoms with van der Waals surface area (Å²) < 4.78 is 55.0. The van der Waals surface area contributed by atoms with Crippen LogP contribution in [0.3, 0.4) is 0 Å². The van der Waals surface area contributed by atoms with Crippen LogP contribution < -0.4 is 10.0 Å². The minimum Gasteiger partial charge on any atom is -0.511 e. The Hall–Kier alpha value is -2.60. The molecule has 4 aliphatic rings. The van der Waals surface area contributed by atoms with E-state index in [2.05, 4.69) is 14.4 Å². The smallest absolute Gasteiger partial charge is 0.286 e. The Labute approximate surface area is 192 Å². The summed E-state index contributed by atoms with van der Waals surface area (Å²) >= 11 is 0. The molecule has 2 fully saturated rings. The second-order valence-electron chi connectivity index (χ2n) is 9.24. The van der Waals surface area contributed by atoms with Crippen LogP contribution in [0.25, 0.3) is 0 Å². The van der Waals surface area contributed by atoms with Gasteiger partial charge < -0.3 is 15.3 Å². The average molecular weight is 495 g/mol. The number of carbonyl (C=O) groups is 1. The highest BCUT2D eigenvalue weighted by Gasteiger charge is 2.47. The minimum absolute atomic E-state index is 0.0699. The molecule has 0 spiro atoms. The lowest BCUT2D eigenvalue weighted by Gasteiger charge is -2.42. The molecule has 2 unspecified atom stereocenters. The first-order valence-electron chi connectivity index (χ1n) is 11.0. The highest BCUT2D eigenvalue weighted by Crippen LogP contribution is 2.42. The van der Waals surface area contributed by atoms with Gasteiger partial charge in [0.25, 0.3) is 15.9 Å². The second kappa shape index (κ2) is 7.73. The Morgan fingerprint density at radius 3 is 2.61 bits per heavy atom. The van der Waals surface area contributed by atoms with Crippen molar-refractivity contribution in [3.05, 3.63) is 29.5 Å². The molecule has 0 saturated heterocycles. The van der Waals surface area contributed by atoms with Gasteiger partial charge in [-0.3, -0.25) is 9.52 Å². The van der Waals surface area contributed by atoms with E-state index in [1.54, 1.807) is 0 Å². The van der Waals surface area contributed by atoms with Crippen LogP contribution in [0, 0.1) is 11.8 Å². The van der Waals surface area contributed by atoms with E-state index in [0.29, 0.717) is 12.5 Å². The quantitative estimate of drug-likeness (QED) is 0.569. The van der Waals surface area contributed by atoms with Crippen LogP contribution in [-0.4, -0.2) is 57.4 Å². The van der Waals surface area contributed by atoms with E-state index in [9.17, 15) is 26.7 Å². The fraction of sp³-hybridized carbons (Fsp3) is 0.524. The van der Waals surface area contributed by atoms with E-state index in [0.717, 1.165) is 44.8 Å². The van der Waals surface area contributed by atoms with E-state index < -0.39 is 26.0 Å². The number of nitrogens with one attached hydrogen (secondary N) is 2. The zero-order chi connectivity index (χ0) is 23.5. The number of nitrogens with zero attached hydrogens (tertiary/aromatic N) is 2. The van der Waals surface area contributed by atoms with Crippen LogP contribution in [0.1, 0.15) is 38.5 Å². The number of benzene rings is 1. The van der Waals surface area contributed by atoms with E-state index in [-0.39, 0.29) is 45.4 Å². The van der Waals surface area contributed by atoms with E-state index in [1.807, 2.05) is 4.90 Å². The number of rotatable bonds is 5. The van der Waals surface area contributed by atoms with Gasteiger partial charge in [0.1, 0.15) is 16.2 Å². The van der Waals surface area contributed by atoms with Crippen molar-refractivity contribution in [1.82, 2.24) is 4.90 Å². The molecule has 3 N–H and O–H groups in total. The van der Waals surface area contributed by atoms with Crippen molar-refractivity contribution in [3.63, 3.8) is 0 Å². The molecule has 10 nitrogen and oxygen atoms in total. The Morgan fingerprint density at radius 1 is 1.21 bits per heavy atom. The number of sulfonamides is 2. The highest BCUT2D eigenvalue weighted by molar-refractivity contribution is 7.92. The van der Waals surface area contributed by atoms with Gasteiger partial charge in [0.15, 0.2) is 5.84 Å². The number of anilines is 2. The van der Waals surface area contributed by atoms with Gasteiger partial charge in [0, 0.05) is 24.2 Å². The molecule has 2 aliphatic carbocycles. The van der Waals surface area contributed by atoms with Crippen molar-refractivity contribution < 1.29 is 26.7 Å². The number of amidine groups is 1. The normalized spacial score (nSPS) is 26.8. The van der Waals surface area contributed by atoms with Gasteiger partial charge in [-0.15, -0.1) is 4.40 Å². The van der Waals surface area contributed by atoms with E-state index in [4.69, 9.17) is 0 Å². The predicted molar refractivity (Wildman–Crippen MR) is 123 cm³/mol. The zero-order valence-corrected chi connectivity index (χ0v) is 19.7. The van der Waals surface area contributed by atoms with Gasteiger partial charge in [0.05, 0.1) is 11.9 Å². The molecule has 1 aromatic rings. The Morgan fingerprint density at radius 2 is 1.94 bits per heavy atom. The molecule has 1 aromatic carbocycles. The van der Waals surface area contributed by atoms with Crippen molar-refractivity contribution in [1.29, 1.82) is 0 Å². The van der Waals surface area contributed by atoms with Crippen LogP contribution in [0.15, 0.2) is 38.8 Å². The average Bonchev–Trinajstić information content (AvgIpc) is 3.15. The summed E-state index contributed by atoms with van der Waals surface area (Å²) in [4.78, 5) is 15.1. The summed E-state index contributed by atoms with van der Waals surface area (Å²) in [6.07, 6.45) is 6.68. The maximum atomic E-state index is 13.5. The van der Waals surface area contributed by atoms with E-state index >= 15 is 0 Å². The largest absolute Gasteiger partial charge is 0.511 e. The van der Waals surface area contributed by atoms with Gasteiger partial charge in [-0.25, -0.2) is 8.42 Å². The van der Waals surface area contributed by atoms with Crippen molar-refractivity contribution in [2.75, 3.05) is 22.8 Å². The molecule has 178 valence electrons. The fourth-order valence-corrected chi connectivity index (χ4v) is 6.86. The number of aliphatic hydroxyl groups is 1. The van der Waals surface area contributed by atoms with Crippen LogP contribution in [0.5, 0.6) is 0 Å². The van der Waals surface area contributed by atoms with Crippen LogP contribution in [-0.2, 0) is 24.8 Å². The number of hydrogen-bond donors (Lipinski definition) is 3. The Balaban J connectivity index is 1.53. The van der Waals surface area contributed by atoms with Crippen molar-refractivity contribution in [2.24, 2.45) is 16.2 Å². The molecule has 0 bridgehead atoms. The molecular formula is C21H26N4O6S2. The lowest BCUT2D eigenvalue weighted by atomic mass is 9.83. The summed E-state index contributed by atoms with van der Waals surface area (Å²) in [6, 6.07) is 3.92. The molecule has 2 atom stereocenters. The summed E-state index contributed by atoms with van der Waals surface area (Å²) in [5.74, 6) is -0.496. The fourth-order valence-electron chi connectivity index (χ4n) is 5.16. The standard InChI is InChI=1S/C21H26N4O6S2/c1-32(28,29)23-13-8-9-15-17(10-13)33(30,31)24-20(22-15)18-19(26)14-6-3-7-16(14)25(21(18)27)11-12-4-2-5-12/h8-10,12,14,16,23,26H,2-7,11H2,1H3,(H,22,24). The predicted octanol–water partition coefficient (Wildman–Crippen LogP) is 2.19. The van der Waals surface area contributed by atoms with E-state index in [1.165, 1.54) is 18.2 Å². The molecule has 2 heterocycles. The number of aliphatic hydroxyl groups excluding tert-OH is 1. The van der Waals surface area contributed by atoms with Crippen LogP contribution in [0.4, 0.5) is 11.4 Å². The molecule has 2 saturated carbocycles. The summed E-state index contributed by atoms with van der Waals surface area (Å²) in [5.41, 5.74) is 0.146. The molecule has 2 aliphatic heterocycles. The third-order valence-electron chi connectivity index (χ3n) is 6.91. The third kappa shape index (κ3) is 3.99. The van der Waals surface area contributed by atoms with Gasteiger partial charge in [-0.1, -0.05) is 12.8 Å². The number of amides is 1. The SMILES string of the molecule is CS(=O)(=O)Nc1ccc2c(c1)S(=O)(=O)N=C(C1=C(O)C3CCCC3N(CC3CCC3)C1=O)N2. The number of fused-ring (bicyclic) bond motifs is 2. The zero-order valence-electron chi connectivity index (χ0n) is 18.1. The summed E-state index contributed by atoms with van der Waals surface area (Å²) in [6.45, 7) is 0.605. The molecule has 33 heavy (non-hydrogen) atoms. The van der Waals surface area contributed by atoms with Gasteiger partial charge in [-0.05, 0) is 49.8 Å². The maximum absolute atomic E-state index is 13.5. The van der Waals surface area contributed by atoms with Gasteiger partial charge in [-0.2, -0.15) is 8.42 Å². The van der Waals surface area contributed by atoms with Crippen molar-refractivity contribution in [3.8, 4) is 0 Å². The molecule has 0 aromatic heterocycles. The van der Waals surface area contributed by atoms with Crippen molar-refractivity contribution in [2.45, 2.75) is 49.5 Å². The topological polar surface area (TPSA) is 145 Å². The highest BCUT2D eigenvalue weighted by atomic mass is 32.2. The monoisotopic (exact) mass is 494 g/mol. The van der Waals surface area contributed by atoms with Crippen LogP contribution in [0.2, 0.25) is 0 Å². The number of carbonyl (C=O) groups excluding carboxylic acids is 1. The molecule has 1 amide bonds. The van der Waals surface area contributed by atoms with Gasteiger partial charge in [0.2, 0.25) is 10.0 Å². The van der Waals surface area contributed by atoms with Crippen LogP contribution >= 0.6 is 0 Å². The maximum Gasteiger partial charge on any atom is 0.286 e.